The van der Waals surface area contributed by atoms with Crippen molar-refractivity contribution >= 4 is 39.9 Å². The zero-order valence-electron chi connectivity index (χ0n) is 26.9. The van der Waals surface area contributed by atoms with Gasteiger partial charge in [-0.1, -0.05) is 43.9 Å². The summed E-state index contributed by atoms with van der Waals surface area (Å²) < 4.78 is 4.59. The van der Waals surface area contributed by atoms with E-state index in [0.29, 0.717) is 17.5 Å². The predicted molar refractivity (Wildman–Crippen MR) is 184 cm³/mol. The van der Waals surface area contributed by atoms with Crippen LogP contribution in [-0.4, -0.2) is 36.1 Å². The number of hydrogen-bond acceptors (Lipinski definition) is 4. The van der Waals surface area contributed by atoms with Gasteiger partial charge in [0.1, 0.15) is 5.82 Å². The van der Waals surface area contributed by atoms with E-state index >= 15 is 0 Å². The Morgan fingerprint density at radius 2 is 1.74 bits per heavy atom. The molecule has 240 valence electrons. The maximum atomic E-state index is 14.3. The van der Waals surface area contributed by atoms with E-state index in [2.05, 4.69) is 39.7 Å². The van der Waals surface area contributed by atoms with Gasteiger partial charge >= 0.3 is 5.97 Å². The maximum absolute atomic E-state index is 14.3. The van der Waals surface area contributed by atoms with Gasteiger partial charge in [0.2, 0.25) is 0 Å². The monoisotopic (exact) mass is 627 g/mol. The Hall–Kier alpha value is -4.72. The van der Waals surface area contributed by atoms with E-state index in [1.807, 2.05) is 42.6 Å². The molecule has 0 spiro atoms. The van der Waals surface area contributed by atoms with Gasteiger partial charge in [0, 0.05) is 41.8 Å². The molecule has 8 rings (SSSR count). The van der Waals surface area contributed by atoms with Gasteiger partial charge in [-0.25, -0.2) is 9.78 Å². The van der Waals surface area contributed by atoms with E-state index in [-0.39, 0.29) is 5.91 Å². The molecule has 0 unspecified atom stereocenters. The standard InChI is InChI=1S/C39H41N5O3/c1-43-32-24-27(16-17-29(32)35(26-9-2-3-10-26)36(43)31-13-4-7-22-40-31)37(47)42-39(20-5-6-21-39)38-41-30-18-14-25(15-19-34(45)46)23-33(30)44(38)28-11-8-12-28/h4,7,13-19,22-24,26,28H,2-3,5-6,8-12,20-21H2,1H3,(H,42,47)(H,45,46). The molecule has 3 aromatic heterocycles. The molecule has 3 aliphatic carbocycles. The second-order valence-electron chi connectivity index (χ2n) is 13.8. The van der Waals surface area contributed by atoms with Gasteiger partial charge in [-0.3, -0.25) is 9.78 Å². The number of aliphatic carboxylic acids is 1. The van der Waals surface area contributed by atoms with Crippen LogP contribution in [0.25, 0.3) is 39.4 Å². The molecule has 0 atom stereocenters. The van der Waals surface area contributed by atoms with Crippen LogP contribution in [0.15, 0.2) is 66.9 Å². The minimum atomic E-state index is -0.970. The lowest BCUT2D eigenvalue weighted by molar-refractivity contribution is -0.131. The van der Waals surface area contributed by atoms with Crippen LogP contribution in [-0.2, 0) is 17.4 Å². The summed E-state index contributed by atoms with van der Waals surface area (Å²) in [4.78, 5) is 35.4. The summed E-state index contributed by atoms with van der Waals surface area (Å²) in [6.45, 7) is 0. The van der Waals surface area contributed by atoms with Gasteiger partial charge in [0.25, 0.3) is 5.91 Å². The average Bonchev–Trinajstić information content (AvgIpc) is 3.86. The summed E-state index contributed by atoms with van der Waals surface area (Å²) in [6, 6.07) is 18.6. The normalized spacial score (nSPS) is 18.4. The molecule has 0 radical (unpaired) electrons. The molecule has 3 fully saturated rings. The van der Waals surface area contributed by atoms with Gasteiger partial charge in [-0.15, -0.1) is 0 Å². The fourth-order valence-corrected chi connectivity index (χ4v) is 8.45. The summed E-state index contributed by atoms with van der Waals surface area (Å²) >= 11 is 0. The van der Waals surface area contributed by atoms with E-state index in [9.17, 15) is 14.7 Å². The van der Waals surface area contributed by atoms with Crippen molar-refractivity contribution in [2.24, 2.45) is 7.05 Å². The molecule has 47 heavy (non-hydrogen) atoms. The van der Waals surface area contributed by atoms with Gasteiger partial charge in [0.05, 0.1) is 28.0 Å². The number of aryl methyl sites for hydroxylation is 1. The first-order valence-electron chi connectivity index (χ1n) is 17.2. The Morgan fingerprint density at radius 3 is 2.45 bits per heavy atom. The largest absolute Gasteiger partial charge is 0.478 e. The Kier molecular flexibility index (Phi) is 7.46. The van der Waals surface area contributed by atoms with E-state index in [4.69, 9.17) is 9.97 Å². The third-order valence-electron chi connectivity index (χ3n) is 11.0. The number of carboxylic acid groups (broad SMARTS) is 1. The van der Waals surface area contributed by atoms with E-state index in [0.717, 1.165) is 77.9 Å². The van der Waals surface area contributed by atoms with Crippen molar-refractivity contribution in [2.75, 3.05) is 0 Å². The molecule has 0 saturated heterocycles. The summed E-state index contributed by atoms with van der Waals surface area (Å²) in [6.07, 6.45) is 16.6. The number of amides is 1. The van der Waals surface area contributed by atoms with Crippen molar-refractivity contribution in [3.63, 3.8) is 0 Å². The van der Waals surface area contributed by atoms with Crippen LogP contribution in [0, 0.1) is 0 Å². The Bertz CT molecular complexity index is 2020. The molecule has 8 heteroatoms. The van der Waals surface area contributed by atoms with Gasteiger partial charge in [-0.05, 0) is 104 Å². The first-order valence-corrected chi connectivity index (χ1v) is 17.2. The van der Waals surface area contributed by atoms with Gasteiger partial charge in [0.15, 0.2) is 0 Å². The predicted octanol–water partition coefficient (Wildman–Crippen LogP) is 8.27. The van der Waals surface area contributed by atoms with Crippen LogP contribution in [0.5, 0.6) is 0 Å². The number of carboxylic acids is 1. The summed E-state index contributed by atoms with van der Waals surface area (Å²) in [5.74, 6) is 0.386. The smallest absolute Gasteiger partial charge is 0.328 e. The second-order valence-corrected chi connectivity index (χ2v) is 13.8. The van der Waals surface area contributed by atoms with Crippen molar-refractivity contribution < 1.29 is 14.7 Å². The maximum Gasteiger partial charge on any atom is 0.328 e. The van der Waals surface area contributed by atoms with E-state index in [1.165, 1.54) is 49.1 Å². The molecule has 2 aromatic carbocycles. The highest BCUT2D eigenvalue weighted by Gasteiger charge is 2.43. The Labute approximate surface area is 274 Å². The van der Waals surface area contributed by atoms with Crippen LogP contribution in [0.4, 0.5) is 0 Å². The fraction of sp³-hybridized carbons (Fsp3) is 0.385. The van der Waals surface area contributed by atoms with Crippen LogP contribution >= 0.6 is 0 Å². The number of carbonyl (C=O) groups excluding carboxylic acids is 1. The number of nitrogens with one attached hydrogen (secondary N) is 1. The van der Waals surface area contributed by atoms with Crippen LogP contribution in [0.3, 0.4) is 0 Å². The minimum absolute atomic E-state index is 0.0749. The summed E-state index contributed by atoms with van der Waals surface area (Å²) in [5, 5.41) is 13.9. The van der Waals surface area contributed by atoms with Crippen molar-refractivity contribution in [2.45, 2.75) is 88.1 Å². The lowest BCUT2D eigenvalue weighted by atomic mass is 9.89. The topological polar surface area (TPSA) is 102 Å². The fourth-order valence-electron chi connectivity index (χ4n) is 8.45. The molecule has 1 amide bonds. The number of aromatic nitrogens is 4. The number of hydrogen-bond donors (Lipinski definition) is 2. The number of benzene rings is 2. The molecule has 5 aromatic rings. The number of pyridine rings is 1. The molecular formula is C39H41N5O3. The Morgan fingerprint density at radius 1 is 0.936 bits per heavy atom. The highest BCUT2D eigenvalue weighted by Crippen LogP contribution is 2.46. The molecule has 3 heterocycles. The summed E-state index contributed by atoms with van der Waals surface area (Å²) in [7, 11) is 2.10. The van der Waals surface area contributed by atoms with Crippen molar-refractivity contribution in [1.29, 1.82) is 0 Å². The first-order chi connectivity index (χ1) is 22.9. The number of imidazole rings is 1. The number of rotatable bonds is 8. The average molecular weight is 628 g/mol. The van der Waals surface area contributed by atoms with Crippen LogP contribution in [0.1, 0.15) is 110 Å². The molecule has 3 aliphatic rings. The second kappa shape index (κ2) is 11.8. The zero-order valence-corrected chi connectivity index (χ0v) is 26.9. The minimum Gasteiger partial charge on any atom is -0.478 e. The third-order valence-corrected chi connectivity index (χ3v) is 11.0. The van der Waals surface area contributed by atoms with E-state index in [1.54, 1.807) is 6.08 Å². The first kappa shape index (κ1) is 29.7. The molecule has 8 nitrogen and oxygen atoms in total. The molecule has 2 N–H and O–H groups in total. The van der Waals surface area contributed by atoms with Crippen LogP contribution < -0.4 is 5.32 Å². The molecule has 3 saturated carbocycles. The molecule has 0 aliphatic heterocycles. The molecule has 0 bridgehead atoms. The summed E-state index contributed by atoms with van der Waals surface area (Å²) in [5.41, 5.74) is 7.35. The van der Waals surface area contributed by atoms with Crippen molar-refractivity contribution in [1.82, 2.24) is 24.4 Å². The lowest BCUT2D eigenvalue weighted by Crippen LogP contribution is -2.46. The quantitative estimate of drug-likeness (QED) is 0.169. The highest BCUT2D eigenvalue weighted by atomic mass is 16.4. The van der Waals surface area contributed by atoms with E-state index < -0.39 is 11.5 Å². The van der Waals surface area contributed by atoms with Crippen molar-refractivity contribution in [3.8, 4) is 11.4 Å². The van der Waals surface area contributed by atoms with Gasteiger partial charge < -0.3 is 19.6 Å². The van der Waals surface area contributed by atoms with Crippen LogP contribution in [0.2, 0.25) is 0 Å². The SMILES string of the molecule is Cn1c(-c2ccccn2)c(C2CCCC2)c2ccc(C(=O)NC3(c4nc5ccc(C=CC(=O)O)cc5n4C4CCC4)CCCC3)cc21. The van der Waals surface area contributed by atoms with Gasteiger partial charge in [-0.2, -0.15) is 0 Å². The zero-order chi connectivity index (χ0) is 32.1. The Balaban J connectivity index is 1.19. The highest BCUT2D eigenvalue weighted by molar-refractivity contribution is 6.01. The lowest BCUT2D eigenvalue weighted by Gasteiger charge is -2.36. The molecular weight excluding hydrogens is 586 g/mol. The third kappa shape index (κ3) is 5.14. The number of fused-ring (bicyclic) bond motifs is 2. The number of nitrogens with zero attached hydrogens (tertiary/aromatic N) is 4. The number of carbonyl (C=O) groups is 2. The van der Waals surface area contributed by atoms with Crippen molar-refractivity contribution in [3.05, 3.63) is 89.4 Å².